The summed E-state index contributed by atoms with van der Waals surface area (Å²) in [4.78, 5) is 2.39. The van der Waals surface area contributed by atoms with Gasteiger partial charge in [-0.3, -0.25) is 0 Å². The van der Waals surface area contributed by atoms with Gasteiger partial charge in [0.2, 0.25) is 0 Å². The summed E-state index contributed by atoms with van der Waals surface area (Å²) in [6.45, 7) is 8.52. The molecule has 96 valence electrons. The Hall–Kier alpha value is -0.740. The quantitative estimate of drug-likeness (QED) is 0.837. The molecule has 0 fully saturated rings. The zero-order valence-corrected chi connectivity index (χ0v) is 12.4. The van der Waals surface area contributed by atoms with Crippen LogP contribution in [0.5, 0.6) is 5.75 Å². The summed E-state index contributed by atoms with van der Waals surface area (Å²) in [6.07, 6.45) is 0. The van der Waals surface area contributed by atoms with E-state index in [4.69, 9.17) is 4.74 Å². The van der Waals surface area contributed by atoms with Crippen LogP contribution in [-0.2, 0) is 0 Å². The summed E-state index contributed by atoms with van der Waals surface area (Å²) in [5, 5.41) is 3.41. The largest absolute Gasteiger partial charge is 0.495 e. The Morgan fingerprint density at radius 1 is 1.29 bits per heavy atom. The number of nitrogens with one attached hydrogen (secondary N) is 1. The summed E-state index contributed by atoms with van der Waals surface area (Å²) >= 11 is 3.47. The topological polar surface area (TPSA) is 24.5 Å². The van der Waals surface area contributed by atoms with E-state index >= 15 is 0 Å². The molecule has 1 aromatic carbocycles. The number of nitrogens with zero attached hydrogens (tertiary/aromatic N) is 1. The van der Waals surface area contributed by atoms with Gasteiger partial charge in [-0.2, -0.15) is 0 Å². The average molecular weight is 301 g/mol. The fourth-order valence-electron chi connectivity index (χ4n) is 1.71. The normalized spacial score (nSPS) is 10.6. The fourth-order valence-corrected chi connectivity index (χ4v) is 2.07. The van der Waals surface area contributed by atoms with Gasteiger partial charge in [0.25, 0.3) is 0 Å². The van der Waals surface area contributed by atoms with Crippen LogP contribution in [0.1, 0.15) is 13.8 Å². The molecule has 4 heteroatoms. The Morgan fingerprint density at radius 3 is 2.59 bits per heavy atom. The van der Waals surface area contributed by atoms with E-state index in [2.05, 4.69) is 40.0 Å². The van der Waals surface area contributed by atoms with Gasteiger partial charge >= 0.3 is 0 Å². The predicted molar refractivity (Wildman–Crippen MR) is 77.0 cm³/mol. The molecule has 0 saturated carbocycles. The minimum absolute atomic E-state index is 0.882. The Balaban J connectivity index is 2.53. The first-order chi connectivity index (χ1) is 8.21. The van der Waals surface area contributed by atoms with E-state index in [9.17, 15) is 0 Å². The van der Waals surface area contributed by atoms with Crippen molar-refractivity contribution >= 4 is 21.6 Å². The fraction of sp³-hybridized carbons (Fsp3) is 0.538. The highest BCUT2D eigenvalue weighted by Crippen LogP contribution is 2.27. The molecule has 0 saturated heterocycles. The molecule has 17 heavy (non-hydrogen) atoms. The molecule has 0 atom stereocenters. The second-order valence-electron chi connectivity index (χ2n) is 3.80. The van der Waals surface area contributed by atoms with Crippen LogP contribution >= 0.6 is 15.9 Å². The molecule has 1 rings (SSSR count). The van der Waals surface area contributed by atoms with Crippen molar-refractivity contribution in [2.75, 3.05) is 38.6 Å². The van der Waals surface area contributed by atoms with Crippen LogP contribution in [-0.4, -0.2) is 38.2 Å². The smallest absolute Gasteiger partial charge is 0.142 e. The van der Waals surface area contributed by atoms with E-state index in [0.717, 1.165) is 42.1 Å². The maximum absolute atomic E-state index is 5.31. The first-order valence-electron chi connectivity index (χ1n) is 6.01. The van der Waals surface area contributed by atoms with E-state index < -0.39 is 0 Å². The van der Waals surface area contributed by atoms with Crippen LogP contribution < -0.4 is 10.1 Å². The lowest BCUT2D eigenvalue weighted by Gasteiger charge is -2.19. The SMILES string of the molecule is CCN(CC)CCNc1cc(Br)ccc1OC. The van der Waals surface area contributed by atoms with Crippen LogP contribution in [0, 0.1) is 0 Å². The van der Waals surface area contributed by atoms with Crippen molar-refractivity contribution in [3.05, 3.63) is 22.7 Å². The van der Waals surface area contributed by atoms with E-state index in [1.807, 2.05) is 18.2 Å². The van der Waals surface area contributed by atoms with Crippen molar-refractivity contribution in [2.45, 2.75) is 13.8 Å². The number of hydrogen-bond acceptors (Lipinski definition) is 3. The van der Waals surface area contributed by atoms with E-state index in [1.54, 1.807) is 7.11 Å². The molecule has 0 radical (unpaired) electrons. The molecule has 0 bridgehead atoms. The summed E-state index contributed by atoms with van der Waals surface area (Å²) in [5.41, 5.74) is 1.04. The van der Waals surface area contributed by atoms with Gasteiger partial charge in [0.05, 0.1) is 12.8 Å². The van der Waals surface area contributed by atoms with Gasteiger partial charge in [-0.25, -0.2) is 0 Å². The third kappa shape index (κ3) is 4.56. The van der Waals surface area contributed by atoms with Crippen molar-refractivity contribution < 1.29 is 4.74 Å². The lowest BCUT2D eigenvalue weighted by atomic mass is 10.3. The second kappa shape index (κ2) is 7.56. The molecule has 0 aliphatic heterocycles. The summed E-state index contributed by atoms with van der Waals surface area (Å²) in [6, 6.07) is 5.99. The lowest BCUT2D eigenvalue weighted by molar-refractivity contribution is 0.316. The third-order valence-corrected chi connectivity index (χ3v) is 3.29. The number of rotatable bonds is 7. The molecular formula is C13H21BrN2O. The molecule has 0 aromatic heterocycles. The molecule has 1 N–H and O–H groups in total. The molecule has 0 amide bonds. The van der Waals surface area contributed by atoms with Gasteiger partial charge in [-0.15, -0.1) is 0 Å². The van der Waals surface area contributed by atoms with E-state index in [1.165, 1.54) is 0 Å². The third-order valence-electron chi connectivity index (χ3n) is 2.80. The highest BCUT2D eigenvalue weighted by molar-refractivity contribution is 9.10. The van der Waals surface area contributed by atoms with Crippen LogP contribution in [0.25, 0.3) is 0 Å². The molecule has 0 aliphatic carbocycles. The Bertz CT molecular complexity index is 340. The summed E-state index contributed by atoms with van der Waals surface area (Å²) < 4.78 is 6.37. The minimum atomic E-state index is 0.882. The highest BCUT2D eigenvalue weighted by Gasteiger charge is 2.04. The number of hydrogen-bond donors (Lipinski definition) is 1. The van der Waals surface area contributed by atoms with Gasteiger partial charge in [-0.05, 0) is 31.3 Å². The molecule has 0 heterocycles. The number of methoxy groups -OCH3 is 1. The molecule has 0 aliphatic rings. The predicted octanol–water partition coefficient (Wildman–Crippen LogP) is 3.21. The minimum Gasteiger partial charge on any atom is -0.495 e. The number of ether oxygens (including phenoxy) is 1. The van der Waals surface area contributed by atoms with E-state index in [-0.39, 0.29) is 0 Å². The number of halogens is 1. The van der Waals surface area contributed by atoms with Crippen molar-refractivity contribution in [3.8, 4) is 5.75 Å². The standard InChI is InChI=1S/C13H21BrN2O/c1-4-16(5-2)9-8-15-12-10-11(14)6-7-13(12)17-3/h6-7,10,15H,4-5,8-9H2,1-3H3. The van der Waals surface area contributed by atoms with Crippen LogP contribution in [0.2, 0.25) is 0 Å². The average Bonchev–Trinajstić information content (AvgIpc) is 2.35. The van der Waals surface area contributed by atoms with Crippen molar-refractivity contribution in [1.82, 2.24) is 4.90 Å². The Morgan fingerprint density at radius 2 is 2.00 bits per heavy atom. The van der Waals surface area contributed by atoms with Crippen LogP contribution in [0.15, 0.2) is 22.7 Å². The van der Waals surface area contributed by atoms with Gasteiger partial charge < -0.3 is 15.0 Å². The number of benzene rings is 1. The second-order valence-corrected chi connectivity index (χ2v) is 4.71. The molecule has 0 spiro atoms. The Kier molecular flexibility index (Phi) is 6.37. The van der Waals surface area contributed by atoms with E-state index in [0.29, 0.717) is 0 Å². The van der Waals surface area contributed by atoms with Crippen molar-refractivity contribution in [1.29, 1.82) is 0 Å². The van der Waals surface area contributed by atoms with Crippen LogP contribution in [0.4, 0.5) is 5.69 Å². The zero-order valence-electron chi connectivity index (χ0n) is 10.8. The maximum atomic E-state index is 5.31. The van der Waals surface area contributed by atoms with Crippen molar-refractivity contribution in [2.24, 2.45) is 0 Å². The summed E-state index contributed by atoms with van der Waals surface area (Å²) in [5.74, 6) is 0.882. The zero-order chi connectivity index (χ0) is 12.7. The van der Waals surface area contributed by atoms with Gasteiger partial charge in [-0.1, -0.05) is 29.8 Å². The molecule has 3 nitrogen and oxygen atoms in total. The first-order valence-corrected chi connectivity index (χ1v) is 6.80. The monoisotopic (exact) mass is 300 g/mol. The highest BCUT2D eigenvalue weighted by atomic mass is 79.9. The number of likely N-dealkylation sites (N-methyl/N-ethyl adjacent to an activating group) is 1. The van der Waals surface area contributed by atoms with Gasteiger partial charge in [0, 0.05) is 17.6 Å². The number of anilines is 1. The summed E-state index contributed by atoms with van der Waals surface area (Å²) in [7, 11) is 1.69. The van der Waals surface area contributed by atoms with Crippen LogP contribution in [0.3, 0.4) is 0 Å². The molecular weight excluding hydrogens is 280 g/mol. The maximum Gasteiger partial charge on any atom is 0.142 e. The Labute approximate surface area is 112 Å². The molecule has 0 unspecified atom stereocenters. The van der Waals surface area contributed by atoms with Crippen molar-refractivity contribution in [3.63, 3.8) is 0 Å². The first kappa shape index (κ1) is 14.3. The van der Waals surface area contributed by atoms with Gasteiger partial charge in [0.15, 0.2) is 0 Å². The molecule has 1 aromatic rings. The van der Waals surface area contributed by atoms with Gasteiger partial charge in [0.1, 0.15) is 5.75 Å². The lowest BCUT2D eigenvalue weighted by Crippen LogP contribution is -2.28.